The minimum Gasteiger partial charge on any atom is -0.320 e. The monoisotopic (exact) mass is 377 g/mol. The van der Waals surface area contributed by atoms with E-state index in [1.54, 1.807) is 23.6 Å². The second-order valence-corrected chi connectivity index (χ2v) is 8.88. The van der Waals surface area contributed by atoms with Crippen molar-refractivity contribution in [1.82, 2.24) is 0 Å². The van der Waals surface area contributed by atoms with Gasteiger partial charge < -0.3 is 4.90 Å². The van der Waals surface area contributed by atoms with Crippen molar-refractivity contribution >= 4 is 33.3 Å². The zero-order valence-corrected chi connectivity index (χ0v) is 16.1. The van der Waals surface area contributed by atoms with Crippen molar-refractivity contribution in [1.29, 1.82) is 0 Å². The fourth-order valence-electron chi connectivity index (χ4n) is 3.20. The molecule has 1 unspecified atom stereocenters. The standard InChI is InChI=1S/C19H23NO3S2/c1-3-5-8-14-11-12-16-18(13-14)24-17-10-7-6-9-15(17)20(16)19(4-2)25(21,22)23/h6-7,9-13,19H,3-5,8H2,1-2H3,(H,21,22,23). The molecule has 0 amide bonds. The average Bonchev–Trinajstić information content (AvgIpc) is 2.58. The number of anilines is 2. The zero-order chi connectivity index (χ0) is 18.0. The predicted octanol–water partition coefficient (Wildman–Crippen LogP) is 5.26. The van der Waals surface area contributed by atoms with Gasteiger partial charge in [-0.25, -0.2) is 0 Å². The molecule has 1 N–H and O–H groups in total. The van der Waals surface area contributed by atoms with E-state index in [1.165, 1.54) is 5.56 Å². The molecule has 0 fully saturated rings. The number of benzene rings is 2. The van der Waals surface area contributed by atoms with Crippen LogP contribution in [0.15, 0.2) is 52.3 Å². The zero-order valence-electron chi connectivity index (χ0n) is 14.5. The van der Waals surface area contributed by atoms with Crippen LogP contribution in [0, 0.1) is 0 Å². The van der Waals surface area contributed by atoms with Crippen LogP contribution in [0.25, 0.3) is 0 Å². The second kappa shape index (κ2) is 7.40. The van der Waals surface area contributed by atoms with Crippen molar-refractivity contribution in [3.8, 4) is 0 Å². The Bertz CT molecular complexity index is 865. The van der Waals surface area contributed by atoms with Crippen molar-refractivity contribution in [2.24, 2.45) is 0 Å². The molecule has 2 aromatic rings. The van der Waals surface area contributed by atoms with E-state index in [4.69, 9.17) is 0 Å². The van der Waals surface area contributed by atoms with Gasteiger partial charge in [0.25, 0.3) is 10.1 Å². The van der Waals surface area contributed by atoms with Crippen LogP contribution >= 0.6 is 11.8 Å². The van der Waals surface area contributed by atoms with Gasteiger partial charge in [-0.3, -0.25) is 4.55 Å². The summed E-state index contributed by atoms with van der Waals surface area (Å²) in [6, 6.07) is 13.9. The Labute approximate surface area is 154 Å². The molecule has 0 aromatic heterocycles. The number of unbranched alkanes of at least 4 members (excludes halogenated alkanes) is 1. The van der Waals surface area contributed by atoms with E-state index < -0.39 is 15.5 Å². The highest BCUT2D eigenvalue weighted by atomic mass is 32.2. The normalized spacial score (nSPS) is 14.8. The Morgan fingerprint density at radius 3 is 2.48 bits per heavy atom. The van der Waals surface area contributed by atoms with Crippen LogP contribution in [0.5, 0.6) is 0 Å². The summed E-state index contributed by atoms with van der Waals surface area (Å²) in [4.78, 5) is 3.80. The fourth-order valence-corrected chi connectivity index (χ4v) is 5.25. The Morgan fingerprint density at radius 1 is 1.08 bits per heavy atom. The van der Waals surface area contributed by atoms with Gasteiger partial charge in [-0.15, -0.1) is 0 Å². The van der Waals surface area contributed by atoms with E-state index in [0.29, 0.717) is 6.42 Å². The van der Waals surface area contributed by atoms with Gasteiger partial charge in [0.15, 0.2) is 5.37 Å². The number of fused-ring (bicyclic) bond motifs is 2. The molecular formula is C19H23NO3S2. The van der Waals surface area contributed by atoms with Crippen molar-refractivity contribution in [2.75, 3.05) is 4.90 Å². The Kier molecular flexibility index (Phi) is 5.41. The highest BCUT2D eigenvalue weighted by molar-refractivity contribution is 7.99. The third-order valence-corrected chi connectivity index (χ3v) is 6.77. The first-order chi connectivity index (χ1) is 12.0. The maximum atomic E-state index is 12.0. The average molecular weight is 378 g/mol. The largest absolute Gasteiger partial charge is 0.320 e. The molecule has 134 valence electrons. The number of nitrogens with zero attached hydrogens (tertiary/aromatic N) is 1. The first-order valence-corrected chi connectivity index (χ1v) is 10.9. The summed E-state index contributed by atoms with van der Waals surface area (Å²) in [5, 5.41) is -0.991. The lowest BCUT2D eigenvalue weighted by atomic mass is 10.1. The molecule has 1 aliphatic rings. The van der Waals surface area contributed by atoms with Crippen LogP contribution in [0.2, 0.25) is 0 Å². The third-order valence-electron chi connectivity index (χ3n) is 4.43. The van der Waals surface area contributed by atoms with Crippen LogP contribution in [0.1, 0.15) is 38.7 Å². The Balaban J connectivity index is 2.12. The van der Waals surface area contributed by atoms with Crippen LogP contribution in [0.4, 0.5) is 11.4 Å². The quantitative estimate of drug-likeness (QED) is 0.696. The van der Waals surface area contributed by atoms with Crippen molar-refractivity contribution < 1.29 is 13.0 Å². The van der Waals surface area contributed by atoms with E-state index in [2.05, 4.69) is 19.1 Å². The summed E-state index contributed by atoms with van der Waals surface area (Å²) >= 11 is 1.65. The summed E-state index contributed by atoms with van der Waals surface area (Å²) in [6.45, 7) is 3.95. The molecule has 1 aliphatic heterocycles. The molecule has 2 aromatic carbocycles. The van der Waals surface area contributed by atoms with E-state index >= 15 is 0 Å². The minimum absolute atomic E-state index is 0.300. The molecule has 0 saturated carbocycles. The van der Waals surface area contributed by atoms with Crippen LogP contribution < -0.4 is 4.90 Å². The molecule has 6 heteroatoms. The van der Waals surface area contributed by atoms with Crippen molar-refractivity contribution in [3.05, 3.63) is 48.0 Å². The summed E-state index contributed by atoms with van der Waals surface area (Å²) < 4.78 is 33.8. The van der Waals surface area contributed by atoms with E-state index in [1.807, 2.05) is 30.3 Å². The third kappa shape index (κ3) is 3.71. The predicted molar refractivity (Wildman–Crippen MR) is 103 cm³/mol. The lowest BCUT2D eigenvalue weighted by Gasteiger charge is -2.37. The molecule has 0 spiro atoms. The van der Waals surface area contributed by atoms with Crippen LogP contribution in [-0.4, -0.2) is 18.3 Å². The summed E-state index contributed by atoms with van der Waals surface area (Å²) in [7, 11) is -4.21. The fraction of sp³-hybridized carbons (Fsp3) is 0.368. The molecule has 1 heterocycles. The Morgan fingerprint density at radius 2 is 1.80 bits per heavy atom. The summed E-state index contributed by atoms with van der Waals surface area (Å²) in [5.74, 6) is 0. The maximum absolute atomic E-state index is 12.0. The number of aryl methyl sites for hydroxylation is 1. The van der Waals surface area contributed by atoms with Gasteiger partial charge in [0.1, 0.15) is 0 Å². The lowest BCUT2D eigenvalue weighted by Crippen LogP contribution is -2.38. The van der Waals surface area contributed by atoms with Gasteiger partial charge in [-0.2, -0.15) is 8.42 Å². The summed E-state index contributed by atoms with van der Waals surface area (Å²) in [5.41, 5.74) is 2.92. The van der Waals surface area contributed by atoms with Gasteiger partial charge in [0, 0.05) is 9.79 Å². The van der Waals surface area contributed by atoms with Gasteiger partial charge >= 0.3 is 0 Å². The van der Waals surface area contributed by atoms with Crippen molar-refractivity contribution in [3.63, 3.8) is 0 Å². The smallest absolute Gasteiger partial charge is 0.286 e. The summed E-state index contributed by atoms with van der Waals surface area (Å²) in [6.07, 6.45) is 3.59. The highest BCUT2D eigenvalue weighted by Crippen LogP contribution is 2.50. The topological polar surface area (TPSA) is 57.6 Å². The van der Waals surface area contributed by atoms with E-state index in [0.717, 1.165) is 40.4 Å². The lowest BCUT2D eigenvalue weighted by molar-refractivity contribution is 0.464. The molecule has 3 rings (SSSR count). The van der Waals surface area contributed by atoms with E-state index in [-0.39, 0.29) is 0 Å². The first-order valence-electron chi connectivity index (χ1n) is 8.61. The minimum atomic E-state index is -4.21. The van der Waals surface area contributed by atoms with Gasteiger partial charge in [-0.05, 0) is 49.1 Å². The maximum Gasteiger partial charge on any atom is 0.286 e. The molecule has 25 heavy (non-hydrogen) atoms. The molecule has 0 aliphatic carbocycles. The van der Waals surface area contributed by atoms with E-state index in [9.17, 15) is 13.0 Å². The van der Waals surface area contributed by atoms with Gasteiger partial charge in [0.05, 0.1) is 11.4 Å². The number of para-hydroxylation sites is 1. The second-order valence-electron chi connectivity index (χ2n) is 6.22. The molecule has 0 radical (unpaired) electrons. The highest BCUT2D eigenvalue weighted by Gasteiger charge is 2.35. The Hall–Kier alpha value is -1.50. The number of hydrogen-bond acceptors (Lipinski definition) is 4. The van der Waals surface area contributed by atoms with Crippen LogP contribution in [-0.2, 0) is 16.5 Å². The van der Waals surface area contributed by atoms with Gasteiger partial charge in [0.2, 0.25) is 0 Å². The number of rotatable bonds is 6. The molecular weight excluding hydrogens is 354 g/mol. The van der Waals surface area contributed by atoms with Crippen LogP contribution in [0.3, 0.4) is 0 Å². The molecule has 0 saturated heterocycles. The molecule has 4 nitrogen and oxygen atoms in total. The molecule has 0 bridgehead atoms. The van der Waals surface area contributed by atoms with Crippen molar-refractivity contribution in [2.45, 2.75) is 54.7 Å². The number of hydrogen-bond donors (Lipinski definition) is 1. The van der Waals surface area contributed by atoms with Gasteiger partial charge in [-0.1, -0.05) is 50.2 Å². The molecule has 1 atom stereocenters. The first kappa shape index (κ1) is 18.3. The SMILES string of the molecule is CCCCc1ccc2c(c1)Sc1ccccc1N2C(CC)S(=O)(=O)O.